The van der Waals surface area contributed by atoms with Crippen LogP contribution in [0.4, 0.5) is 0 Å². The number of carbonyl (C=O) groups excluding carboxylic acids is 1. The van der Waals surface area contributed by atoms with Gasteiger partial charge in [-0.3, -0.25) is 9.69 Å². The van der Waals surface area contributed by atoms with Crippen molar-refractivity contribution in [1.82, 2.24) is 10.2 Å². The number of nitrogens with one attached hydrogen (secondary N) is 1. The van der Waals surface area contributed by atoms with Crippen molar-refractivity contribution in [3.05, 3.63) is 0 Å². The van der Waals surface area contributed by atoms with Crippen molar-refractivity contribution in [2.75, 3.05) is 32.8 Å². The second kappa shape index (κ2) is 9.55. The third-order valence-corrected chi connectivity index (χ3v) is 3.29. The normalized spacial score (nSPS) is 18.1. The van der Waals surface area contributed by atoms with E-state index < -0.39 is 0 Å². The number of rotatable bonds is 8. The Morgan fingerprint density at radius 3 is 2.75 bits per heavy atom. The lowest BCUT2D eigenvalue weighted by molar-refractivity contribution is -0.123. The number of amides is 1. The highest BCUT2D eigenvalue weighted by Gasteiger charge is 2.20. The van der Waals surface area contributed by atoms with Crippen LogP contribution in [-0.2, 0) is 9.53 Å². The van der Waals surface area contributed by atoms with E-state index in [0.717, 1.165) is 32.4 Å². The van der Waals surface area contributed by atoms with Crippen molar-refractivity contribution in [1.29, 1.82) is 0 Å². The van der Waals surface area contributed by atoms with Crippen LogP contribution in [-0.4, -0.2) is 60.7 Å². The van der Waals surface area contributed by atoms with Gasteiger partial charge in [-0.1, -0.05) is 12.1 Å². The lowest BCUT2D eigenvalue weighted by Gasteiger charge is -2.31. The Balaban J connectivity index is 2.14. The predicted molar refractivity (Wildman–Crippen MR) is 76.7 cm³/mol. The smallest absolute Gasteiger partial charge is 0.222 e. The Morgan fingerprint density at radius 1 is 1.45 bits per heavy atom. The molecule has 0 aromatic carbocycles. The molecule has 1 rings (SSSR count). The average Bonchev–Trinajstić information content (AvgIpc) is 2.45. The van der Waals surface area contributed by atoms with Gasteiger partial charge < -0.3 is 21.0 Å². The number of oxime groups is 1. The number of carbonyl (C=O) groups is 1. The van der Waals surface area contributed by atoms with Crippen molar-refractivity contribution in [3.8, 4) is 0 Å². The van der Waals surface area contributed by atoms with E-state index in [1.54, 1.807) is 0 Å². The molecule has 0 unspecified atom stereocenters. The quantitative estimate of drug-likeness (QED) is 0.194. The number of ether oxygens (including phenoxy) is 1. The molecule has 1 heterocycles. The molecule has 4 N–H and O–H groups in total. The number of nitrogens with zero attached hydrogens (tertiary/aromatic N) is 2. The first-order chi connectivity index (χ1) is 9.65. The summed E-state index contributed by atoms with van der Waals surface area (Å²) < 4.78 is 5.30. The minimum Gasteiger partial charge on any atom is -0.409 e. The second-order valence-corrected chi connectivity index (χ2v) is 5.07. The highest BCUT2D eigenvalue weighted by molar-refractivity contribution is 5.81. The number of likely N-dealkylation sites (tertiary alicyclic amines) is 1. The fourth-order valence-corrected chi connectivity index (χ4v) is 2.21. The van der Waals surface area contributed by atoms with E-state index >= 15 is 0 Å². The van der Waals surface area contributed by atoms with Gasteiger partial charge in [0.05, 0.1) is 13.2 Å². The zero-order valence-electron chi connectivity index (χ0n) is 12.2. The molecule has 0 aromatic rings. The first-order valence-electron chi connectivity index (χ1n) is 7.21. The van der Waals surface area contributed by atoms with Crippen LogP contribution < -0.4 is 11.1 Å². The summed E-state index contributed by atoms with van der Waals surface area (Å²) in [5, 5.41) is 14.5. The Labute approximate surface area is 120 Å². The van der Waals surface area contributed by atoms with Crippen LogP contribution in [0.25, 0.3) is 0 Å². The molecule has 0 atom stereocenters. The number of amidine groups is 1. The number of hydrogen-bond donors (Lipinski definition) is 3. The van der Waals surface area contributed by atoms with Gasteiger partial charge in [0.15, 0.2) is 5.84 Å². The van der Waals surface area contributed by atoms with Crippen LogP contribution in [0.2, 0.25) is 0 Å². The zero-order chi connectivity index (χ0) is 14.8. The molecule has 1 amide bonds. The Kier molecular flexibility index (Phi) is 7.98. The molecular weight excluding hydrogens is 260 g/mol. The molecule has 0 aliphatic carbocycles. The lowest BCUT2D eigenvalue weighted by Crippen LogP contribution is -2.46. The van der Waals surface area contributed by atoms with Crippen molar-refractivity contribution < 1.29 is 14.7 Å². The maximum Gasteiger partial charge on any atom is 0.222 e. The molecule has 7 nitrogen and oxygen atoms in total. The molecule has 116 valence electrons. The summed E-state index contributed by atoms with van der Waals surface area (Å²) in [5.74, 6) is 0.275. The summed E-state index contributed by atoms with van der Waals surface area (Å²) >= 11 is 0. The maximum absolute atomic E-state index is 11.7. The van der Waals surface area contributed by atoms with Crippen LogP contribution in [0.3, 0.4) is 0 Å². The molecule has 0 spiro atoms. The van der Waals surface area contributed by atoms with Gasteiger partial charge in [-0.05, 0) is 19.3 Å². The molecule has 7 heteroatoms. The van der Waals surface area contributed by atoms with Crippen molar-refractivity contribution >= 4 is 11.7 Å². The number of hydrogen-bond acceptors (Lipinski definition) is 5. The summed E-state index contributed by atoms with van der Waals surface area (Å²) in [4.78, 5) is 13.8. The summed E-state index contributed by atoms with van der Waals surface area (Å²) in [6.07, 6.45) is 3.17. The third-order valence-electron chi connectivity index (χ3n) is 3.29. The molecule has 0 aromatic heterocycles. The lowest BCUT2D eigenvalue weighted by atomic mass is 10.0. The van der Waals surface area contributed by atoms with E-state index in [0.29, 0.717) is 26.2 Å². The summed E-state index contributed by atoms with van der Waals surface area (Å²) in [6.45, 7) is 5.40. The molecule has 20 heavy (non-hydrogen) atoms. The van der Waals surface area contributed by atoms with Gasteiger partial charge in [0.25, 0.3) is 0 Å². The van der Waals surface area contributed by atoms with Crippen LogP contribution in [0.1, 0.15) is 32.6 Å². The van der Waals surface area contributed by atoms with E-state index in [1.807, 2.05) is 6.92 Å². The maximum atomic E-state index is 11.7. The van der Waals surface area contributed by atoms with Crippen LogP contribution in [0.15, 0.2) is 5.16 Å². The second-order valence-electron chi connectivity index (χ2n) is 5.07. The summed E-state index contributed by atoms with van der Waals surface area (Å²) in [6, 6.07) is 0.220. The highest BCUT2D eigenvalue weighted by atomic mass is 16.5. The van der Waals surface area contributed by atoms with Gasteiger partial charge in [0, 0.05) is 32.2 Å². The Bertz CT molecular complexity index is 315. The minimum atomic E-state index is 0.0518. The third kappa shape index (κ3) is 6.72. The monoisotopic (exact) mass is 286 g/mol. The fraction of sp³-hybridized carbons (Fsp3) is 0.846. The predicted octanol–water partition coefficient (Wildman–Crippen LogP) is 0.130. The van der Waals surface area contributed by atoms with Crippen LogP contribution in [0.5, 0.6) is 0 Å². The zero-order valence-corrected chi connectivity index (χ0v) is 12.2. The van der Waals surface area contributed by atoms with E-state index in [2.05, 4.69) is 15.4 Å². The van der Waals surface area contributed by atoms with E-state index in [1.165, 1.54) is 0 Å². The molecular formula is C13H26N4O3. The Morgan fingerprint density at radius 2 is 2.15 bits per heavy atom. The Hall–Kier alpha value is -1.34. The average molecular weight is 286 g/mol. The van der Waals surface area contributed by atoms with Gasteiger partial charge in [-0.15, -0.1) is 0 Å². The molecule has 1 aliphatic heterocycles. The summed E-state index contributed by atoms with van der Waals surface area (Å²) in [5.41, 5.74) is 5.47. The standard InChI is InChI=1S/C13H26N4O3/c1-2-8-20-9-5-13(18)15-11-3-6-17(7-4-11)10-12(14)16-19/h11,19H,2-10H2,1H3,(H2,14,16)(H,15,18). The first-order valence-corrected chi connectivity index (χ1v) is 7.21. The van der Waals surface area contributed by atoms with E-state index in [9.17, 15) is 4.79 Å². The molecule has 1 saturated heterocycles. The first kappa shape index (κ1) is 16.7. The van der Waals surface area contributed by atoms with Gasteiger partial charge in [0.1, 0.15) is 0 Å². The fourth-order valence-electron chi connectivity index (χ4n) is 2.21. The number of piperidine rings is 1. The van der Waals surface area contributed by atoms with Crippen LogP contribution >= 0.6 is 0 Å². The molecule has 1 fully saturated rings. The minimum absolute atomic E-state index is 0.0518. The van der Waals surface area contributed by atoms with Gasteiger partial charge >= 0.3 is 0 Å². The van der Waals surface area contributed by atoms with E-state index in [-0.39, 0.29) is 17.8 Å². The topological polar surface area (TPSA) is 100 Å². The van der Waals surface area contributed by atoms with E-state index in [4.69, 9.17) is 15.7 Å². The molecule has 0 bridgehead atoms. The van der Waals surface area contributed by atoms with Gasteiger partial charge in [-0.25, -0.2) is 0 Å². The SMILES string of the molecule is CCCOCCC(=O)NC1CCN(CC(N)=NO)CC1. The molecule has 0 radical (unpaired) electrons. The van der Waals surface area contributed by atoms with Crippen molar-refractivity contribution in [2.24, 2.45) is 10.9 Å². The van der Waals surface area contributed by atoms with Crippen molar-refractivity contribution in [3.63, 3.8) is 0 Å². The largest absolute Gasteiger partial charge is 0.409 e. The number of nitrogens with two attached hydrogens (primary N) is 1. The highest BCUT2D eigenvalue weighted by Crippen LogP contribution is 2.10. The molecule has 1 aliphatic rings. The van der Waals surface area contributed by atoms with Crippen molar-refractivity contribution in [2.45, 2.75) is 38.6 Å². The van der Waals surface area contributed by atoms with Crippen LogP contribution in [0, 0.1) is 0 Å². The summed E-state index contributed by atoms with van der Waals surface area (Å²) in [7, 11) is 0. The van der Waals surface area contributed by atoms with Gasteiger partial charge in [-0.2, -0.15) is 0 Å². The van der Waals surface area contributed by atoms with Gasteiger partial charge in [0.2, 0.25) is 5.91 Å². The molecule has 0 saturated carbocycles.